The highest BCUT2D eigenvalue weighted by molar-refractivity contribution is 5.83. The molecule has 1 aliphatic rings. The molecule has 1 saturated heterocycles. The number of ether oxygens (including phenoxy) is 1. The number of Topliss-reactive ketones (excluding diaryl/α,β-unsaturated/α-hetero) is 1. The monoisotopic (exact) mass is 114 g/mol. The van der Waals surface area contributed by atoms with Crippen molar-refractivity contribution in [2.45, 2.75) is 20.0 Å². The molecule has 2 nitrogen and oxygen atoms in total. The second kappa shape index (κ2) is 1.86. The van der Waals surface area contributed by atoms with Crippen LogP contribution in [0.1, 0.15) is 13.8 Å². The van der Waals surface area contributed by atoms with Crippen molar-refractivity contribution in [3.8, 4) is 0 Å². The van der Waals surface area contributed by atoms with Gasteiger partial charge in [-0.3, -0.25) is 4.79 Å². The topological polar surface area (TPSA) is 26.3 Å². The van der Waals surface area contributed by atoms with Crippen molar-refractivity contribution in [2.75, 3.05) is 6.61 Å². The molecule has 0 aliphatic carbocycles. The van der Waals surface area contributed by atoms with E-state index in [1.165, 1.54) is 0 Å². The number of hydrogen-bond donors (Lipinski definition) is 0. The largest absolute Gasteiger partial charge is 0.370 e. The first-order valence-electron chi connectivity index (χ1n) is 2.86. The summed E-state index contributed by atoms with van der Waals surface area (Å²) in [6, 6.07) is 0. The quantitative estimate of drug-likeness (QED) is 0.461. The molecular formula is C6H10O2. The summed E-state index contributed by atoms with van der Waals surface area (Å²) in [4.78, 5) is 10.7. The van der Waals surface area contributed by atoms with Gasteiger partial charge in [-0.2, -0.15) is 0 Å². The minimum Gasteiger partial charge on any atom is -0.370 e. The smallest absolute Gasteiger partial charge is 0.163 e. The summed E-state index contributed by atoms with van der Waals surface area (Å²) in [5.74, 6) is 0.354. The zero-order valence-corrected chi connectivity index (χ0v) is 5.18. The Hall–Kier alpha value is -0.370. The first-order valence-corrected chi connectivity index (χ1v) is 2.86. The van der Waals surface area contributed by atoms with Gasteiger partial charge in [0.1, 0.15) is 6.61 Å². The van der Waals surface area contributed by atoms with Gasteiger partial charge >= 0.3 is 0 Å². The van der Waals surface area contributed by atoms with E-state index in [2.05, 4.69) is 0 Å². The average Bonchev–Trinajstić information content (AvgIpc) is 1.98. The first-order chi connectivity index (χ1) is 3.72. The zero-order chi connectivity index (χ0) is 6.15. The Labute approximate surface area is 48.8 Å². The molecule has 0 spiro atoms. The Bertz CT molecular complexity index is 109. The van der Waals surface area contributed by atoms with Crippen LogP contribution in [0.3, 0.4) is 0 Å². The molecule has 0 aromatic heterocycles. The van der Waals surface area contributed by atoms with Gasteiger partial charge in [-0.15, -0.1) is 0 Å². The molecule has 46 valence electrons. The van der Waals surface area contributed by atoms with E-state index in [1.807, 2.05) is 13.8 Å². The van der Waals surface area contributed by atoms with Gasteiger partial charge in [0, 0.05) is 5.92 Å². The van der Waals surface area contributed by atoms with Crippen molar-refractivity contribution in [2.24, 2.45) is 5.92 Å². The Morgan fingerprint density at radius 1 is 1.62 bits per heavy atom. The van der Waals surface area contributed by atoms with E-state index in [9.17, 15) is 4.79 Å². The maximum atomic E-state index is 10.7. The third kappa shape index (κ3) is 0.757. The van der Waals surface area contributed by atoms with Crippen LogP contribution in [0.2, 0.25) is 0 Å². The Balaban J connectivity index is 2.56. The molecule has 0 N–H and O–H groups in total. The molecule has 0 bridgehead atoms. The fraction of sp³-hybridized carbons (Fsp3) is 0.833. The van der Waals surface area contributed by atoms with E-state index in [0.29, 0.717) is 6.61 Å². The lowest BCUT2D eigenvalue weighted by Gasteiger charge is -2.02. The van der Waals surface area contributed by atoms with Crippen LogP contribution in [0.15, 0.2) is 0 Å². The van der Waals surface area contributed by atoms with Gasteiger partial charge in [-0.25, -0.2) is 0 Å². The van der Waals surface area contributed by atoms with Crippen LogP contribution in [0.4, 0.5) is 0 Å². The molecule has 0 radical (unpaired) electrons. The second-order valence-corrected chi connectivity index (χ2v) is 2.27. The molecule has 2 atom stereocenters. The van der Waals surface area contributed by atoms with E-state index in [1.54, 1.807) is 0 Å². The Morgan fingerprint density at radius 3 is 2.38 bits per heavy atom. The molecule has 0 amide bonds. The predicted octanol–water partition coefficient (Wildman–Crippen LogP) is 0.610. The molecule has 0 aromatic rings. The van der Waals surface area contributed by atoms with Crippen molar-refractivity contribution < 1.29 is 9.53 Å². The van der Waals surface area contributed by atoms with Gasteiger partial charge in [-0.05, 0) is 6.92 Å². The molecule has 0 saturated carbocycles. The van der Waals surface area contributed by atoms with Crippen molar-refractivity contribution in [1.82, 2.24) is 0 Å². The molecule has 0 unspecified atom stereocenters. The SMILES string of the molecule is C[C@@H]1C(=O)CO[C@@H]1C. The van der Waals surface area contributed by atoms with E-state index in [0.717, 1.165) is 0 Å². The summed E-state index contributed by atoms with van der Waals surface area (Å²) < 4.78 is 5.03. The molecular weight excluding hydrogens is 104 g/mol. The fourth-order valence-corrected chi connectivity index (χ4v) is 0.751. The summed E-state index contributed by atoms with van der Waals surface area (Å²) >= 11 is 0. The summed E-state index contributed by atoms with van der Waals surface area (Å²) in [6.45, 7) is 4.15. The van der Waals surface area contributed by atoms with Crippen LogP contribution in [-0.4, -0.2) is 18.5 Å². The van der Waals surface area contributed by atoms with Crippen LogP contribution < -0.4 is 0 Å². The Kier molecular flexibility index (Phi) is 1.34. The van der Waals surface area contributed by atoms with Gasteiger partial charge in [0.25, 0.3) is 0 Å². The maximum absolute atomic E-state index is 10.7. The van der Waals surface area contributed by atoms with Gasteiger partial charge in [0.15, 0.2) is 5.78 Å². The van der Waals surface area contributed by atoms with Crippen molar-refractivity contribution in [1.29, 1.82) is 0 Å². The third-order valence-electron chi connectivity index (χ3n) is 1.70. The predicted molar refractivity (Wildman–Crippen MR) is 29.6 cm³/mol. The summed E-state index contributed by atoms with van der Waals surface area (Å²) in [5, 5.41) is 0. The minimum atomic E-state index is 0.120. The lowest BCUT2D eigenvalue weighted by atomic mass is 10.1. The van der Waals surface area contributed by atoms with E-state index >= 15 is 0 Å². The molecule has 1 aliphatic heterocycles. The van der Waals surface area contributed by atoms with Crippen LogP contribution in [0.5, 0.6) is 0 Å². The number of hydrogen-bond acceptors (Lipinski definition) is 2. The normalized spacial score (nSPS) is 38.5. The first kappa shape index (κ1) is 5.76. The lowest BCUT2D eigenvalue weighted by molar-refractivity contribution is -0.120. The van der Waals surface area contributed by atoms with Crippen molar-refractivity contribution >= 4 is 5.78 Å². The molecule has 2 heteroatoms. The van der Waals surface area contributed by atoms with Crippen LogP contribution in [-0.2, 0) is 9.53 Å². The van der Waals surface area contributed by atoms with E-state index in [-0.39, 0.29) is 17.8 Å². The van der Waals surface area contributed by atoms with Crippen LogP contribution in [0.25, 0.3) is 0 Å². The molecule has 1 heterocycles. The maximum Gasteiger partial charge on any atom is 0.163 e. The van der Waals surface area contributed by atoms with Crippen molar-refractivity contribution in [3.05, 3.63) is 0 Å². The molecule has 1 rings (SSSR count). The third-order valence-corrected chi connectivity index (χ3v) is 1.70. The minimum absolute atomic E-state index is 0.120. The van der Waals surface area contributed by atoms with Crippen LogP contribution >= 0.6 is 0 Å². The lowest BCUT2D eigenvalue weighted by Crippen LogP contribution is -2.12. The molecule has 0 aromatic carbocycles. The molecule has 1 fully saturated rings. The highest BCUT2D eigenvalue weighted by atomic mass is 16.5. The van der Waals surface area contributed by atoms with Gasteiger partial charge < -0.3 is 4.74 Å². The zero-order valence-electron chi connectivity index (χ0n) is 5.18. The summed E-state index contributed by atoms with van der Waals surface area (Å²) in [6.07, 6.45) is 0.141. The van der Waals surface area contributed by atoms with E-state index < -0.39 is 0 Å². The number of ketones is 1. The van der Waals surface area contributed by atoms with E-state index in [4.69, 9.17) is 4.74 Å². The number of carbonyl (C=O) groups excluding carboxylic acids is 1. The molecule has 8 heavy (non-hydrogen) atoms. The van der Waals surface area contributed by atoms with Crippen molar-refractivity contribution in [3.63, 3.8) is 0 Å². The highest BCUT2D eigenvalue weighted by Crippen LogP contribution is 2.15. The van der Waals surface area contributed by atoms with Gasteiger partial charge in [0.05, 0.1) is 6.10 Å². The van der Waals surface area contributed by atoms with Gasteiger partial charge in [0.2, 0.25) is 0 Å². The Morgan fingerprint density at radius 2 is 2.25 bits per heavy atom. The highest BCUT2D eigenvalue weighted by Gasteiger charge is 2.27. The summed E-state index contributed by atoms with van der Waals surface area (Å²) in [5.41, 5.74) is 0. The summed E-state index contributed by atoms with van der Waals surface area (Å²) in [7, 11) is 0. The average molecular weight is 114 g/mol. The van der Waals surface area contributed by atoms with Gasteiger partial charge in [-0.1, -0.05) is 6.92 Å². The second-order valence-electron chi connectivity index (χ2n) is 2.27. The fourth-order valence-electron chi connectivity index (χ4n) is 0.751. The van der Waals surface area contributed by atoms with Crippen LogP contribution in [0, 0.1) is 5.92 Å². The standard InChI is InChI=1S/C6H10O2/c1-4-5(2)8-3-6(4)7/h4-5H,3H2,1-2H3/t4-,5+/m0/s1. The number of carbonyl (C=O) groups is 1. The number of rotatable bonds is 0.